The molecule has 8 heteroatoms. The van der Waals surface area contributed by atoms with E-state index in [1.807, 2.05) is 42.5 Å². The van der Waals surface area contributed by atoms with Gasteiger partial charge in [-0.3, -0.25) is 4.79 Å². The minimum atomic E-state index is -0.229. The molecule has 0 saturated carbocycles. The molecule has 0 radical (unpaired) electrons. The van der Waals surface area contributed by atoms with Gasteiger partial charge in [-0.05, 0) is 30.5 Å². The number of hydrogen-bond donors (Lipinski definition) is 2. The molecule has 3 heterocycles. The molecule has 2 aliphatic rings. The van der Waals surface area contributed by atoms with Gasteiger partial charge in [-0.15, -0.1) is 0 Å². The molecular formula is C25H27N3O5. The van der Waals surface area contributed by atoms with Crippen molar-refractivity contribution >= 4 is 16.9 Å². The van der Waals surface area contributed by atoms with Crippen molar-refractivity contribution in [1.29, 1.82) is 0 Å². The molecule has 0 spiro atoms. The standard InChI is InChI=1S/C25H27N3O5/c29-24-19(11-18-12-22-23(13-21(18)27-24)33-10-9-32-22)15-28(16-20-7-4-8-31-20)25(30)26-14-17-5-2-1-3-6-17/h1-3,5-6,11-13,20H,4,7-10,14-16H2,(H,26,30)(H,27,29). The van der Waals surface area contributed by atoms with Crippen LogP contribution in [0, 0.1) is 0 Å². The Hall–Kier alpha value is -3.52. The summed E-state index contributed by atoms with van der Waals surface area (Å²) in [6.45, 7) is 2.70. The second kappa shape index (κ2) is 9.54. The zero-order chi connectivity index (χ0) is 22.6. The Balaban J connectivity index is 1.38. The Bertz CT molecular complexity index is 1190. The van der Waals surface area contributed by atoms with E-state index in [-0.39, 0.29) is 24.2 Å². The lowest BCUT2D eigenvalue weighted by Crippen LogP contribution is -2.43. The van der Waals surface area contributed by atoms with Crippen molar-refractivity contribution in [2.45, 2.75) is 32.0 Å². The molecule has 1 fully saturated rings. The second-order valence-corrected chi connectivity index (χ2v) is 8.37. The normalized spacial score (nSPS) is 17.2. The molecule has 8 nitrogen and oxygen atoms in total. The van der Waals surface area contributed by atoms with E-state index in [2.05, 4.69) is 10.3 Å². The van der Waals surface area contributed by atoms with Crippen LogP contribution in [-0.2, 0) is 17.8 Å². The summed E-state index contributed by atoms with van der Waals surface area (Å²) in [6.07, 6.45) is 1.86. The van der Waals surface area contributed by atoms with Gasteiger partial charge in [-0.25, -0.2) is 4.79 Å². The van der Waals surface area contributed by atoms with Crippen LogP contribution < -0.4 is 20.3 Å². The molecule has 0 bridgehead atoms. The second-order valence-electron chi connectivity index (χ2n) is 8.37. The van der Waals surface area contributed by atoms with Crippen LogP contribution in [-0.4, -0.2) is 48.4 Å². The zero-order valence-electron chi connectivity index (χ0n) is 18.3. The number of carbonyl (C=O) groups excluding carboxylic acids is 1. The largest absolute Gasteiger partial charge is 0.486 e. The van der Waals surface area contributed by atoms with E-state index in [1.54, 1.807) is 11.0 Å². The summed E-state index contributed by atoms with van der Waals surface area (Å²) in [5.41, 5.74) is 1.96. The summed E-state index contributed by atoms with van der Waals surface area (Å²) < 4.78 is 17.0. The lowest BCUT2D eigenvalue weighted by molar-refractivity contribution is 0.0793. The third-order valence-corrected chi connectivity index (χ3v) is 5.97. The first-order valence-electron chi connectivity index (χ1n) is 11.3. The molecule has 2 aromatic carbocycles. The summed E-state index contributed by atoms with van der Waals surface area (Å²) in [5, 5.41) is 3.80. The number of benzene rings is 2. The Kier molecular flexibility index (Phi) is 6.17. The van der Waals surface area contributed by atoms with Crippen LogP contribution in [0.1, 0.15) is 24.0 Å². The van der Waals surface area contributed by atoms with Gasteiger partial charge in [0.2, 0.25) is 0 Å². The van der Waals surface area contributed by atoms with E-state index in [1.165, 1.54) is 0 Å². The molecule has 33 heavy (non-hydrogen) atoms. The highest BCUT2D eigenvalue weighted by molar-refractivity contribution is 5.83. The van der Waals surface area contributed by atoms with Crippen molar-refractivity contribution in [2.75, 3.05) is 26.4 Å². The van der Waals surface area contributed by atoms with Crippen molar-refractivity contribution in [3.05, 3.63) is 70.0 Å². The number of carbonyl (C=O) groups is 1. The van der Waals surface area contributed by atoms with Crippen molar-refractivity contribution < 1.29 is 19.0 Å². The SMILES string of the molecule is O=C(NCc1ccccc1)N(Cc1cc2cc3c(cc2[nH]c1=O)OCCO3)CC1CCCO1. The van der Waals surface area contributed by atoms with Gasteiger partial charge in [-0.1, -0.05) is 30.3 Å². The molecule has 2 aliphatic heterocycles. The van der Waals surface area contributed by atoms with Gasteiger partial charge in [-0.2, -0.15) is 0 Å². The number of aromatic amines is 1. The number of nitrogens with one attached hydrogen (secondary N) is 2. The van der Waals surface area contributed by atoms with Crippen molar-refractivity contribution in [2.24, 2.45) is 0 Å². The maximum absolute atomic E-state index is 13.1. The van der Waals surface area contributed by atoms with Gasteiger partial charge < -0.3 is 29.4 Å². The van der Waals surface area contributed by atoms with E-state index in [4.69, 9.17) is 14.2 Å². The molecular weight excluding hydrogens is 422 g/mol. The number of H-pyrrole nitrogens is 1. The van der Waals surface area contributed by atoms with E-state index in [9.17, 15) is 9.59 Å². The molecule has 3 aromatic rings. The number of aromatic nitrogens is 1. The quantitative estimate of drug-likeness (QED) is 0.603. The van der Waals surface area contributed by atoms with Gasteiger partial charge in [0.15, 0.2) is 11.5 Å². The minimum Gasteiger partial charge on any atom is -0.486 e. The number of ether oxygens (including phenoxy) is 3. The molecule has 1 unspecified atom stereocenters. The van der Waals surface area contributed by atoms with Gasteiger partial charge in [0.1, 0.15) is 13.2 Å². The molecule has 1 aromatic heterocycles. The average Bonchev–Trinajstić information content (AvgIpc) is 3.35. The highest BCUT2D eigenvalue weighted by Gasteiger charge is 2.24. The van der Waals surface area contributed by atoms with Crippen molar-refractivity contribution in [3.63, 3.8) is 0 Å². The fraction of sp³-hybridized carbons (Fsp3) is 0.360. The monoisotopic (exact) mass is 449 g/mol. The number of rotatable bonds is 6. The highest BCUT2D eigenvalue weighted by atomic mass is 16.6. The number of fused-ring (bicyclic) bond motifs is 2. The van der Waals surface area contributed by atoms with Crippen LogP contribution in [0.15, 0.2) is 53.3 Å². The van der Waals surface area contributed by atoms with Crippen LogP contribution in [0.2, 0.25) is 0 Å². The predicted molar refractivity (Wildman–Crippen MR) is 124 cm³/mol. The highest BCUT2D eigenvalue weighted by Crippen LogP contribution is 2.33. The Morgan fingerprint density at radius 2 is 1.85 bits per heavy atom. The first-order chi connectivity index (χ1) is 16.2. The van der Waals surface area contributed by atoms with Crippen LogP contribution in [0.5, 0.6) is 11.5 Å². The van der Waals surface area contributed by atoms with Gasteiger partial charge >= 0.3 is 6.03 Å². The van der Waals surface area contributed by atoms with E-state index >= 15 is 0 Å². The lowest BCUT2D eigenvalue weighted by Gasteiger charge is -2.26. The average molecular weight is 450 g/mol. The van der Waals surface area contributed by atoms with Gasteiger partial charge in [0.25, 0.3) is 5.56 Å². The Labute approximate surface area is 191 Å². The Morgan fingerprint density at radius 3 is 2.61 bits per heavy atom. The number of pyridine rings is 1. The number of amides is 2. The maximum atomic E-state index is 13.1. The molecule has 5 rings (SSSR count). The van der Waals surface area contributed by atoms with E-state index < -0.39 is 0 Å². The third-order valence-electron chi connectivity index (χ3n) is 5.97. The minimum absolute atomic E-state index is 0.0235. The summed E-state index contributed by atoms with van der Waals surface area (Å²) in [4.78, 5) is 30.5. The number of hydrogen-bond acceptors (Lipinski definition) is 5. The Morgan fingerprint density at radius 1 is 1.06 bits per heavy atom. The van der Waals surface area contributed by atoms with Gasteiger partial charge in [0, 0.05) is 36.7 Å². The van der Waals surface area contributed by atoms with Crippen LogP contribution in [0.25, 0.3) is 10.9 Å². The summed E-state index contributed by atoms with van der Waals surface area (Å²) in [7, 11) is 0. The fourth-order valence-corrected chi connectivity index (χ4v) is 4.25. The van der Waals surface area contributed by atoms with E-state index in [0.29, 0.717) is 55.5 Å². The fourth-order valence-electron chi connectivity index (χ4n) is 4.25. The number of nitrogens with zero attached hydrogens (tertiary/aromatic N) is 1. The molecule has 2 amide bonds. The smallest absolute Gasteiger partial charge is 0.318 e. The number of urea groups is 1. The van der Waals surface area contributed by atoms with Gasteiger partial charge in [0.05, 0.1) is 18.2 Å². The molecule has 2 N–H and O–H groups in total. The zero-order valence-corrected chi connectivity index (χ0v) is 18.3. The molecule has 172 valence electrons. The summed E-state index contributed by atoms with van der Waals surface area (Å²) in [6, 6.07) is 15.0. The van der Waals surface area contributed by atoms with Crippen LogP contribution in [0.3, 0.4) is 0 Å². The molecule has 1 atom stereocenters. The summed E-state index contributed by atoms with van der Waals surface area (Å²) >= 11 is 0. The molecule has 0 aliphatic carbocycles. The first kappa shape index (κ1) is 21.3. The first-order valence-corrected chi connectivity index (χ1v) is 11.3. The van der Waals surface area contributed by atoms with Crippen LogP contribution >= 0.6 is 0 Å². The summed E-state index contributed by atoms with van der Waals surface area (Å²) in [5.74, 6) is 1.28. The topological polar surface area (TPSA) is 92.9 Å². The van der Waals surface area contributed by atoms with Crippen molar-refractivity contribution in [3.8, 4) is 11.5 Å². The predicted octanol–water partition coefficient (Wildman–Crippen LogP) is 3.19. The van der Waals surface area contributed by atoms with Crippen LogP contribution in [0.4, 0.5) is 4.79 Å². The third kappa shape index (κ3) is 4.96. The maximum Gasteiger partial charge on any atom is 0.318 e. The van der Waals surface area contributed by atoms with E-state index in [0.717, 1.165) is 23.8 Å². The van der Waals surface area contributed by atoms with Crippen molar-refractivity contribution in [1.82, 2.24) is 15.2 Å². The lowest BCUT2D eigenvalue weighted by atomic mass is 10.1. The molecule has 1 saturated heterocycles.